The van der Waals surface area contributed by atoms with Crippen LogP contribution in [0.4, 0.5) is 5.69 Å². The number of hydrogen-bond donors (Lipinski definition) is 1. The Morgan fingerprint density at radius 1 is 1.04 bits per heavy atom. The van der Waals surface area contributed by atoms with Crippen LogP contribution in [0.2, 0.25) is 5.02 Å². The number of benzene rings is 3. The Morgan fingerprint density at radius 2 is 1.85 bits per heavy atom. The van der Waals surface area contributed by atoms with E-state index in [2.05, 4.69) is 49.9 Å². The van der Waals surface area contributed by atoms with Gasteiger partial charge in [0.1, 0.15) is 5.75 Å². The summed E-state index contributed by atoms with van der Waals surface area (Å²) in [6, 6.07) is 19.6. The van der Waals surface area contributed by atoms with E-state index < -0.39 is 0 Å². The molecule has 4 aromatic rings. The summed E-state index contributed by atoms with van der Waals surface area (Å²) in [7, 11) is 6.32. The van der Waals surface area contributed by atoms with Crippen molar-refractivity contribution in [2.24, 2.45) is 0 Å². The molecule has 1 N–H and O–H groups in total. The van der Waals surface area contributed by atoms with Crippen molar-refractivity contribution in [1.82, 2.24) is 15.1 Å². The zero-order valence-corrected chi connectivity index (χ0v) is 28.1. The lowest BCUT2D eigenvalue weighted by Gasteiger charge is -2.24. The number of fused-ring (bicyclic) bond motifs is 1. The summed E-state index contributed by atoms with van der Waals surface area (Å²) in [6.45, 7) is 5.13. The van der Waals surface area contributed by atoms with E-state index in [0.717, 1.165) is 64.0 Å². The molecule has 242 valence electrons. The highest BCUT2D eigenvalue weighted by Crippen LogP contribution is 2.35. The Balaban J connectivity index is 1.24. The number of carbonyl (C=O) groups excluding carboxylic acids is 2. The summed E-state index contributed by atoms with van der Waals surface area (Å²) < 4.78 is 8.63. The van der Waals surface area contributed by atoms with E-state index in [0.29, 0.717) is 49.7 Å². The Hall–Kier alpha value is -4.14. The van der Waals surface area contributed by atoms with Crippen LogP contribution in [0, 0.1) is 6.92 Å². The molecule has 0 aliphatic carbocycles. The highest BCUT2D eigenvalue weighted by Gasteiger charge is 2.23. The van der Waals surface area contributed by atoms with Gasteiger partial charge >= 0.3 is 0 Å². The number of nitrogens with zero attached hydrogens (tertiary/aromatic N) is 4. The molecule has 2 amide bonds. The van der Waals surface area contributed by atoms with Gasteiger partial charge in [-0.2, -0.15) is 5.10 Å². The van der Waals surface area contributed by atoms with Crippen molar-refractivity contribution in [2.75, 3.05) is 52.3 Å². The molecule has 3 aromatic carbocycles. The van der Waals surface area contributed by atoms with Gasteiger partial charge in [-0.3, -0.25) is 14.3 Å². The number of quaternary nitrogens is 1. The lowest BCUT2D eigenvalue weighted by molar-refractivity contribution is -0.869. The molecule has 5 rings (SSSR count). The van der Waals surface area contributed by atoms with E-state index in [9.17, 15) is 9.59 Å². The fourth-order valence-corrected chi connectivity index (χ4v) is 5.96. The lowest BCUT2D eigenvalue weighted by Crippen LogP contribution is -2.41. The number of carbonyl (C=O) groups is 2. The van der Waals surface area contributed by atoms with Crippen molar-refractivity contribution >= 4 is 29.1 Å². The van der Waals surface area contributed by atoms with Crippen molar-refractivity contribution in [1.29, 1.82) is 0 Å². The number of likely N-dealkylation sites (N-methyl/N-ethyl adjacent to an activating group) is 1. The van der Waals surface area contributed by atoms with Gasteiger partial charge in [0.15, 0.2) is 0 Å². The van der Waals surface area contributed by atoms with Crippen molar-refractivity contribution in [2.45, 2.75) is 45.6 Å². The topological polar surface area (TPSA) is 76.5 Å². The maximum Gasteiger partial charge on any atom is 0.251 e. The molecule has 2 heterocycles. The van der Waals surface area contributed by atoms with Gasteiger partial charge in [-0.05, 0) is 79.6 Å². The second kappa shape index (κ2) is 15.0. The van der Waals surface area contributed by atoms with Gasteiger partial charge in [0, 0.05) is 46.6 Å². The van der Waals surface area contributed by atoms with Crippen molar-refractivity contribution < 1.29 is 18.8 Å². The van der Waals surface area contributed by atoms with Crippen LogP contribution >= 0.6 is 11.6 Å². The third kappa shape index (κ3) is 8.56. The van der Waals surface area contributed by atoms with E-state index in [1.807, 2.05) is 71.2 Å². The number of halogens is 1. The first-order valence-corrected chi connectivity index (χ1v) is 16.5. The van der Waals surface area contributed by atoms with Gasteiger partial charge in [-0.15, -0.1) is 0 Å². The van der Waals surface area contributed by atoms with E-state index >= 15 is 0 Å². The molecule has 0 radical (unpaired) electrons. The minimum absolute atomic E-state index is 0.0636. The molecular weight excluding hydrogens is 598 g/mol. The molecule has 0 atom stereocenters. The van der Waals surface area contributed by atoms with E-state index in [1.54, 1.807) is 0 Å². The molecule has 1 aromatic heterocycles. The van der Waals surface area contributed by atoms with Crippen molar-refractivity contribution in [3.8, 4) is 16.9 Å². The Labute approximate surface area is 277 Å². The minimum atomic E-state index is -0.0636. The van der Waals surface area contributed by atoms with Gasteiger partial charge in [-0.1, -0.05) is 41.9 Å². The van der Waals surface area contributed by atoms with Gasteiger partial charge in [0.05, 0.1) is 53.6 Å². The third-order valence-electron chi connectivity index (χ3n) is 8.36. The first kappa shape index (κ1) is 33.2. The van der Waals surface area contributed by atoms with Crippen LogP contribution in [0.15, 0.2) is 73.1 Å². The van der Waals surface area contributed by atoms with Gasteiger partial charge in [0.25, 0.3) is 5.91 Å². The molecule has 9 heteroatoms. The largest absolute Gasteiger partial charge is 0.493 e. The zero-order chi connectivity index (χ0) is 32.7. The van der Waals surface area contributed by atoms with Crippen LogP contribution in [-0.4, -0.2) is 73.5 Å². The maximum absolute atomic E-state index is 13.5. The number of ether oxygens (including phenoxy) is 1. The fourth-order valence-electron chi connectivity index (χ4n) is 5.79. The smallest absolute Gasteiger partial charge is 0.251 e. The summed E-state index contributed by atoms with van der Waals surface area (Å²) in [5.41, 5.74) is 6.87. The summed E-state index contributed by atoms with van der Waals surface area (Å²) >= 11 is 6.22. The summed E-state index contributed by atoms with van der Waals surface area (Å²) in [4.78, 5) is 28.2. The summed E-state index contributed by atoms with van der Waals surface area (Å²) in [6.07, 6.45) is 7.86. The van der Waals surface area contributed by atoms with Crippen LogP contribution in [0.1, 0.15) is 52.7 Å². The molecule has 0 saturated heterocycles. The number of anilines is 1. The first-order chi connectivity index (χ1) is 22.1. The van der Waals surface area contributed by atoms with Crippen LogP contribution in [-0.2, 0) is 17.8 Å². The number of amides is 2. The van der Waals surface area contributed by atoms with Gasteiger partial charge in [0.2, 0.25) is 5.91 Å². The molecule has 46 heavy (non-hydrogen) atoms. The number of hydrogen-bond acceptors (Lipinski definition) is 4. The Bertz CT molecular complexity index is 1680. The van der Waals surface area contributed by atoms with E-state index in [1.165, 1.54) is 5.56 Å². The summed E-state index contributed by atoms with van der Waals surface area (Å²) in [5, 5.41) is 8.37. The van der Waals surface area contributed by atoms with Crippen LogP contribution in [0.5, 0.6) is 5.75 Å². The first-order valence-electron chi connectivity index (χ1n) is 16.1. The van der Waals surface area contributed by atoms with Gasteiger partial charge in [-0.25, -0.2) is 0 Å². The molecule has 0 fully saturated rings. The number of aromatic nitrogens is 2. The van der Waals surface area contributed by atoms with E-state index in [4.69, 9.17) is 16.3 Å². The molecule has 0 saturated carbocycles. The highest BCUT2D eigenvalue weighted by atomic mass is 35.5. The van der Waals surface area contributed by atoms with Crippen LogP contribution < -0.4 is 15.0 Å². The number of nitrogens with one attached hydrogen (secondary N) is 1. The molecule has 1 aliphatic heterocycles. The van der Waals surface area contributed by atoms with Crippen molar-refractivity contribution in [3.05, 3.63) is 100 Å². The summed E-state index contributed by atoms with van der Waals surface area (Å²) in [5.74, 6) is 0.810. The molecule has 0 unspecified atom stereocenters. The minimum Gasteiger partial charge on any atom is -0.493 e. The van der Waals surface area contributed by atoms with Crippen LogP contribution in [0.25, 0.3) is 11.1 Å². The average Bonchev–Trinajstić information content (AvgIpc) is 3.37. The monoisotopic (exact) mass is 642 g/mol. The van der Waals surface area contributed by atoms with Crippen molar-refractivity contribution in [3.63, 3.8) is 0 Å². The average molecular weight is 643 g/mol. The normalized spacial score (nSPS) is 13.2. The SMILES string of the molecule is Cc1c(Cl)cccc1OCCCC(=O)N1CCCCc2c(-c3cnn(Cc4cccc(C(=O)NCC[N+](C)(C)C)c4)c3)cccc21. The maximum atomic E-state index is 13.5. The molecule has 1 aliphatic rings. The number of rotatable bonds is 12. The zero-order valence-electron chi connectivity index (χ0n) is 27.4. The third-order valence-corrected chi connectivity index (χ3v) is 8.77. The van der Waals surface area contributed by atoms with Gasteiger partial charge < -0.3 is 19.4 Å². The second-order valence-corrected chi connectivity index (χ2v) is 13.4. The Morgan fingerprint density at radius 3 is 2.67 bits per heavy atom. The quantitative estimate of drug-likeness (QED) is 0.141. The Kier molecular flexibility index (Phi) is 10.8. The predicted molar refractivity (Wildman–Crippen MR) is 185 cm³/mol. The van der Waals surface area contributed by atoms with Crippen LogP contribution in [0.3, 0.4) is 0 Å². The molecular formula is C37H45ClN5O3+. The molecule has 0 spiro atoms. The second-order valence-electron chi connectivity index (χ2n) is 13.0. The molecule has 8 nitrogen and oxygen atoms in total. The fraction of sp³-hybridized carbons (Fsp3) is 0.378. The standard InChI is InChI=1S/C37H44ClN5O3/c1-27-33(38)15-9-17-35(27)46-22-10-18-36(44)42-20-6-5-13-32-31(14-8-16-34(32)42)30-24-40-41(26-30)25-28-11-7-12-29(23-28)37(45)39-19-21-43(2,3)4/h7-9,11-12,14-17,23-24,26H,5-6,10,13,18-22,25H2,1-4H3/p+1. The molecule has 0 bridgehead atoms. The lowest BCUT2D eigenvalue weighted by atomic mass is 9.97. The predicted octanol–water partition coefficient (Wildman–Crippen LogP) is 6.52. The van der Waals surface area contributed by atoms with E-state index in [-0.39, 0.29) is 11.8 Å². The highest BCUT2D eigenvalue weighted by molar-refractivity contribution is 6.31.